The zero-order valence-electron chi connectivity index (χ0n) is 7.03. The largest absolute Gasteiger partial charge is 0.278 e. The summed E-state index contributed by atoms with van der Waals surface area (Å²) in [6.45, 7) is 0.722. The third-order valence-corrected chi connectivity index (χ3v) is 2.72. The number of hydrogen-bond donors (Lipinski definition) is 1. The van der Waals surface area contributed by atoms with Gasteiger partial charge in [-0.15, -0.1) is 5.43 Å². The van der Waals surface area contributed by atoms with E-state index >= 15 is 0 Å². The molecule has 2 aliphatic carbocycles. The average Bonchev–Trinajstić information content (AvgIpc) is 2.70. The lowest BCUT2D eigenvalue weighted by atomic mass is 9.88. The molecule has 1 aliphatic heterocycles. The van der Waals surface area contributed by atoms with Gasteiger partial charge >= 0.3 is 0 Å². The Balaban J connectivity index is 2.13. The van der Waals surface area contributed by atoms with Crippen molar-refractivity contribution in [3.8, 4) is 0 Å². The van der Waals surface area contributed by atoms with Crippen LogP contribution in [0.5, 0.6) is 0 Å². The van der Waals surface area contributed by atoms with Crippen molar-refractivity contribution in [3.05, 3.63) is 52.1 Å². The highest BCUT2D eigenvalue weighted by molar-refractivity contribution is 5.55. The standard InChI is InChI=1S/C10H9N2O/c13-12-10-5-4-7-2-1-3-8(7)9(10)6-11-12/h1-5,9H,6H2,(H,11,13)/q+1. The van der Waals surface area contributed by atoms with Crippen LogP contribution in [0.3, 0.4) is 0 Å². The number of rotatable bonds is 0. The Morgan fingerprint density at radius 1 is 1.38 bits per heavy atom. The molecule has 1 unspecified atom stereocenters. The van der Waals surface area contributed by atoms with Crippen LogP contribution in [0.15, 0.2) is 47.2 Å². The number of allylic oxidation sites excluding steroid dienone is 6. The lowest BCUT2D eigenvalue weighted by molar-refractivity contribution is -0.544. The van der Waals surface area contributed by atoms with Gasteiger partial charge in [-0.2, -0.15) is 0 Å². The predicted molar refractivity (Wildman–Crippen MR) is 48.5 cm³/mol. The molecule has 0 spiro atoms. The molecule has 0 radical (unpaired) electrons. The smallest absolute Gasteiger partial charge is 0.146 e. The minimum absolute atomic E-state index is 0.257. The molecule has 3 nitrogen and oxygen atoms in total. The van der Waals surface area contributed by atoms with Gasteiger partial charge in [0, 0.05) is 6.08 Å². The highest BCUT2D eigenvalue weighted by Crippen LogP contribution is 2.36. The van der Waals surface area contributed by atoms with Crippen molar-refractivity contribution in [3.63, 3.8) is 0 Å². The maximum absolute atomic E-state index is 11.3. The first-order valence-electron chi connectivity index (χ1n) is 4.37. The fraction of sp³-hybridized carbons (Fsp3) is 0.200. The summed E-state index contributed by atoms with van der Waals surface area (Å²) in [5.41, 5.74) is 6.12. The summed E-state index contributed by atoms with van der Waals surface area (Å²) in [6.07, 6.45) is 10.1. The number of fused-ring (bicyclic) bond motifs is 3. The minimum atomic E-state index is 0.257. The van der Waals surface area contributed by atoms with Crippen LogP contribution in [0.1, 0.15) is 0 Å². The van der Waals surface area contributed by atoms with Crippen LogP contribution in [0.2, 0.25) is 0 Å². The van der Waals surface area contributed by atoms with Crippen LogP contribution in [0, 0.1) is 10.8 Å². The summed E-state index contributed by atoms with van der Waals surface area (Å²) < 4.78 is 0. The van der Waals surface area contributed by atoms with Gasteiger partial charge in [0.05, 0.1) is 11.5 Å². The van der Waals surface area contributed by atoms with Gasteiger partial charge in [0.25, 0.3) is 5.70 Å². The summed E-state index contributed by atoms with van der Waals surface area (Å²) in [7, 11) is 0. The molecule has 1 heterocycles. The Bertz CT molecular complexity index is 413. The SMILES string of the molecule is O=[N+]1NCC2C3=CC=CC3=CC=C21. The number of nitrogens with zero attached hydrogens (tertiary/aromatic N) is 1. The van der Waals surface area contributed by atoms with E-state index in [-0.39, 0.29) is 5.92 Å². The van der Waals surface area contributed by atoms with E-state index in [1.807, 2.05) is 18.2 Å². The zero-order valence-corrected chi connectivity index (χ0v) is 7.03. The molecule has 1 atom stereocenters. The maximum Gasteiger partial charge on any atom is 0.278 e. The Hall–Kier alpha value is -1.64. The molecular weight excluding hydrogens is 164 g/mol. The first-order valence-corrected chi connectivity index (χ1v) is 4.37. The van der Waals surface area contributed by atoms with E-state index in [1.54, 1.807) is 0 Å². The summed E-state index contributed by atoms with van der Waals surface area (Å²) in [5, 5.41) is 0. The van der Waals surface area contributed by atoms with Crippen LogP contribution < -0.4 is 5.43 Å². The normalized spacial score (nSPS) is 28.8. The van der Waals surface area contributed by atoms with Crippen molar-refractivity contribution < 1.29 is 4.87 Å². The molecule has 1 fully saturated rings. The van der Waals surface area contributed by atoms with Gasteiger partial charge in [0.2, 0.25) is 0 Å². The van der Waals surface area contributed by atoms with Crippen molar-refractivity contribution in [2.75, 3.05) is 6.54 Å². The van der Waals surface area contributed by atoms with E-state index in [0.717, 1.165) is 17.1 Å². The van der Waals surface area contributed by atoms with Gasteiger partial charge in [-0.1, -0.05) is 18.2 Å². The molecule has 64 valence electrons. The second kappa shape index (κ2) is 2.19. The zero-order chi connectivity index (χ0) is 8.84. The van der Waals surface area contributed by atoms with Crippen molar-refractivity contribution in [1.82, 2.24) is 5.43 Å². The number of hydrogen-bond acceptors (Lipinski definition) is 1. The van der Waals surface area contributed by atoms with Crippen molar-refractivity contribution in [1.29, 1.82) is 0 Å². The number of nitroso groups, excluding NO2 is 1. The van der Waals surface area contributed by atoms with Gasteiger partial charge < -0.3 is 0 Å². The van der Waals surface area contributed by atoms with Gasteiger partial charge in [-0.3, -0.25) is 0 Å². The monoisotopic (exact) mass is 173 g/mol. The third kappa shape index (κ3) is 0.786. The number of hydrazine groups is 1. The average molecular weight is 173 g/mol. The second-order valence-electron chi connectivity index (χ2n) is 3.40. The van der Waals surface area contributed by atoms with Crippen LogP contribution in [-0.4, -0.2) is 11.4 Å². The Morgan fingerprint density at radius 3 is 3.23 bits per heavy atom. The molecular formula is C10H9N2O+. The van der Waals surface area contributed by atoms with Crippen LogP contribution in [0.25, 0.3) is 0 Å². The lowest BCUT2D eigenvalue weighted by Gasteiger charge is -2.10. The molecule has 0 bridgehead atoms. The van der Waals surface area contributed by atoms with E-state index in [4.69, 9.17) is 0 Å². The topological polar surface area (TPSA) is 32.1 Å². The van der Waals surface area contributed by atoms with Gasteiger partial charge in [0.15, 0.2) is 4.87 Å². The predicted octanol–water partition coefficient (Wildman–Crippen LogP) is 1.22. The Morgan fingerprint density at radius 2 is 2.31 bits per heavy atom. The highest BCUT2D eigenvalue weighted by atomic mass is 16.3. The third-order valence-electron chi connectivity index (χ3n) is 2.72. The molecule has 1 saturated heterocycles. The van der Waals surface area contributed by atoms with Gasteiger partial charge in [-0.05, 0) is 17.2 Å². The Kier molecular flexibility index (Phi) is 1.15. The fourth-order valence-corrected chi connectivity index (χ4v) is 2.06. The number of nitrogens with one attached hydrogen (secondary N) is 1. The minimum Gasteiger partial charge on any atom is -0.146 e. The van der Waals surface area contributed by atoms with E-state index in [0.29, 0.717) is 0 Å². The highest BCUT2D eigenvalue weighted by Gasteiger charge is 2.41. The molecule has 0 aromatic heterocycles. The van der Waals surface area contributed by atoms with Gasteiger partial charge in [-0.25, -0.2) is 0 Å². The first kappa shape index (κ1) is 6.83. The molecule has 13 heavy (non-hydrogen) atoms. The van der Waals surface area contributed by atoms with Crippen molar-refractivity contribution >= 4 is 0 Å². The fourth-order valence-electron chi connectivity index (χ4n) is 2.06. The van der Waals surface area contributed by atoms with E-state index < -0.39 is 0 Å². The quantitative estimate of drug-likeness (QED) is 0.558. The summed E-state index contributed by atoms with van der Waals surface area (Å²) in [4.78, 5) is 12.1. The summed E-state index contributed by atoms with van der Waals surface area (Å²) in [5.74, 6) is 0.257. The van der Waals surface area contributed by atoms with Gasteiger partial charge in [0.1, 0.15) is 5.92 Å². The molecule has 0 aromatic carbocycles. The van der Waals surface area contributed by atoms with Crippen LogP contribution in [0.4, 0.5) is 0 Å². The molecule has 3 aliphatic rings. The molecule has 3 heteroatoms. The summed E-state index contributed by atoms with van der Waals surface area (Å²) in [6, 6.07) is 0. The van der Waals surface area contributed by atoms with Crippen LogP contribution in [-0.2, 0) is 0 Å². The second-order valence-corrected chi connectivity index (χ2v) is 3.40. The van der Waals surface area contributed by atoms with Crippen molar-refractivity contribution in [2.45, 2.75) is 0 Å². The molecule has 0 aromatic rings. The first-order chi connectivity index (χ1) is 6.36. The van der Waals surface area contributed by atoms with E-state index in [9.17, 15) is 4.91 Å². The Labute approximate surface area is 75.7 Å². The lowest BCUT2D eigenvalue weighted by Crippen LogP contribution is -2.15. The van der Waals surface area contributed by atoms with Crippen LogP contribution >= 0.6 is 0 Å². The van der Waals surface area contributed by atoms with Crippen molar-refractivity contribution in [2.24, 2.45) is 5.92 Å². The summed E-state index contributed by atoms with van der Waals surface area (Å²) >= 11 is 0. The van der Waals surface area contributed by atoms with E-state index in [1.165, 1.54) is 11.1 Å². The molecule has 3 rings (SSSR count). The van der Waals surface area contributed by atoms with E-state index in [2.05, 4.69) is 17.6 Å². The maximum atomic E-state index is 11.3. The molecule has 0 saturated carbocycles. The molecule has 0 amide bonds. The molecule has 1 N–H and O–H groups in total.